The summed E-state index contributed by atoms with van der Waals surface area (Å²) in [6, 6.07) is -0.930. The number of carbonyl (C=O) groups is 3. The molecule has 0 saturated carbocycles. The summed E-state index contributed by atoms with van der Waals surface area (Å²) in [6.07, 6.45) is 0.494. The number of hydrogen-bond acceptors (Lipinski definition) is 6. The molecule has 2 heterocycles. The highest BCUT2D eigenvalue weighted by Gasteiger charge is 2.53. The number of ether oxygens (including phenoxy) is 2. The fourth-order valence-electron chi connectivity index (χ4n) is 3.56. The molecule has 0 aliphatic carbocycles. The topological polar surface area (TPSA) is 76.2 Å². The number of amides is 2. The standard InChI is InChI=1S/C17H28N2O5S/c1-5-23-15(21)14-11-8-12(10-18(9-11)13(20)6-7-25)19(14)16(22)24-17(2,3)4/h11-12,14,25H,5-10H2,1-4H3. The summed E-state index contributed by atoms with van der Waals surface area (Å²) in [5, 5.41) is 0. The van der Waals surface area contributed by atoms with Crippen molar-refractivity contribution < 1.29 is 23.9 Å². The van der Waals surface area contributed by atoms with Crippen LogP contribution < -0.4 is 0 Å². The van der Waals surface area contributed by atoms with Gasteiger partial charge in [0, 0.05) is 25.4 Å². The molecule has 7 nitrogen and oxygen atoms in total. The van der Waals surface area contributed by atoms with Gasteiger partial charge in [0.05, 0.1) is 12.6 Å². The third kappa shape index (κ3) is 4.59. The fraction of sp³-hybridized carbons (Fsp3) is 0.824. The van der Waals surface area contributed by atoms with Crippen molar-refractivity contribution in [2.24, 2.45) is 5.92 Å². The van der Waals surface area contributed by atoms with Crippen molar-refractivity contribution in [2.45, 2.75) is 58.2 Å². The predicted molar refractivity (Wildman–Crippen MR) is 95.4 cm³/mol. The van der Waals surface area contributed by atoms with Crippen LogP contribution in [-0.4, -0.2) is 70.9 Å². The molecule has 0 N–H and O–H groups in total. The second-order valence-electron chi connectivity index (χ2n) is 7.51. The molecule has 8 heteroatoms. The zero-order valence-corrected chi connectivity index (χ0v) is 16.3. The molecule has 25 heavy (non-hydrogen) atoms. The average molecular weight is 372 g/mol. The molecule has 0 aromatic carbocycles. The number of rotatable bonds is 4. The Kier molecular flexibility index (Phi) is 6.24. The van der Waals surface area contributed by atoms with Gasteiger partial charge >= 0.3 is 12.1 Å². The maximum atomic E-state index is 12.7. The van der Waals surface area contributed by atoms with Gasteiger partial charge in [0.25, 0.3) is 0 Å². The normalized spacial score (nSPS) is 25.7. The summed E-state index contributed by atoms with van der Waals surface area (Å²) in [7, 11) is 0. The fourth-order valence-corrected chi connectivity index (χ4v) is 3.75. The molecule has 0 aromatic heterocycles. The van der Waals surface area contributed by atoms with E-state index in [2.05, 4.69) is 12.6 Å². The highest BCUT2D eigenvalue weighted by atomic mass is 32.1. The second-order valence-corrected chi connectivity index (χ2v) is 7.95. The number of esters is 1. The van der Waals surface area contributed by atoms with Crippen molar-refractivity contribution in [1.82, 2.24) is 9.80 Å². The van der Waals surface area contributed by atoms with E-state index in [0.29, 0.717) is 31.7 Å². The van der Waals surface area contributed by atoms with Crippen molar-refractivity contribution >= 4 is 30.6 Å². The number of carbonyl (C=O) groups excluding carboxylic acids is 3. The number of thiol groups is 1. The molecule has 2 bridgehead atoms. The molecule has 2 saturated heterocycles. The van der Waals surface area contributed by atoms with Gasteiger partial charge in [-0.05, 0) is 39.9 Å². The van der Waals surface area contributed by atoms with Gasteiger partial charge in [-0.3, -0.25) is 9.69 Å². The monoisotopic (exact) mass is 372 g/mol. The minimum absolute atomic E-state index is 0.00153. The molecular formula is C17H28N2O5S. The van der Waals surface area contributed by atoms with E-state index < -0.39 is 23.7 Å². The van der Waals surface area contributed by atoms with Crippen molar-refractivity contribution in [3.8, 4) is 0 Å². The molecule has 0 radical (unpaired) electrons. The first-order valence-corrected chi connectivity index (χ1v) is 9.37. The number of piperidine rings is 1. The Labute approximate surface area is 154 Å². The zero-order chi connectivity index (χ0) is 18.8. The van der Waals surface area contributed by atoms with Gasteiger partial charge in [-0.25, -0.2) is 9.59 Å². The van der Waals surface area contributed by atoms with Crippen LogP contribution in [0.2, 0.25) is 0 Å². The molecule has 3 unspecified atom stereocenters. The van der Waals surface area contributed by atoms with Crippen LogP contribution in [-0.2, 0) is 19.1 Å². The van der Waals surface area contributed by atoms with Crippen LogP contribution in [0, 0.1) is 5.92 Å². The lowest BCUT2D eigenvalue weighted by Gasteiger charge is -2.33. The van der Waals surface area contributed by atoms with Gasteiger partial charge in [-0.2, -0.15) is 12.6 Å². The molecule has 0 aromatic rings. The van der Waals surface area contributed by atoms with Crippen molar-refractivity contribution in [1.29, 1.82) is 0 Å². The summed E-state index contributed by atoms with van der Waals surface area (Å²) in [5.41, 5.74) is -0.658. The molecule has 2 fully saturated rings. The quantitative estimate of drug-likeness (QED) is 0.600. The molecule has 2 rings (SSSR count). The van der Waals surface area contributed by atoms with Gasteiger partial charge in [0.2, 0.25) is 5.91 Å². The van der Waals surface area contributed by atoms with Crippen molar-refractivity contribution in [2.75, 3.05) is 25.4 Å². The Bertz CT molecular complexity index is 534. The van der Waals surface area contributed by atoms with E-state index >= 15 is 0 Å². The first kappa shape index (κ1) is 19.9. The summed E-state index contributed by atoms with van der Waals surface area (Å²) in [6.45, 7) is 8.21. The number of likely N-dealkylation sites (tertiary alicyclic amines) is 2. The predicted octanol–water partition coefficient (Wildman–Crippen LogP) is 1.71. The van der Waals surface area contributed by atoms with Crippen molar-refractivity contribution in [3.05, 3.63) is 0 Å². The number of fused-ring (bicyclic) bond motifs is 2. The molecule has 2 amide bonds. The molecule has 0 spiro atoms. The highest BCUT2D eigenvalue weighted by molar-refractivity contribution is 7.80. The van der Waals surface area contributed by atoms with Crippen LogP contribution in [0.1, 0.15) is 40.5 Å². The Morgan fingerprint density at radius 1 is 1.20 bits per heavy atom. The maximum absolute atomic E-state index is 12.7. The molecule has 3 atom stereocenters. The zero-order valence-electron chi connectivity index (χ0n) is 15.4. The van der Waals surface area contributed by atoms with Crippen LogP contribution in [0.5, 0.6) is 0 Å². The van der Waals surface area contributed by atoms with E-state index in [4.69, 9.17) is 9.47 Å². The van der Waals surface area contributed by atoms with E-state index in [-0.39, 0.29) is 24.5 Å². The highest BCUT2D eigenvalue weighted by Crippen LogP contribution is 2.37. The van der Waals surface area contributed by atoms with Gasteiger partial charge in [-0.1, -0.05) is 0 Å². The SMILES string of the molecule is CCOC(=O)C1C2CC(CN(C(=O)CCS)C2)N1C(=O)OC(C)(C)C. The van der Waals surface area contributed by atoms with E-state index in [1.807, 2.05) is 0 Å². The molecule has 2 aliphatic rings. The maximum Gasteiger partial charge on any atom is 0.411 e. The Morgan fingerprint density at radius 2 is 1.88 bits per heavy atom. The Hall–Kier alpha value is -1.44. The minimum atomic E-state index is -0.700. The summed E-state index contributed by atoms with van der Waals surface area (Å²) in [4.78, 5) is 40.7. The first-order valence-electron chi connectivity index (χ1n) is 8.74. The summed E-state index contributed by atoms with van der Waals surface area (Å²) >= 11 is 4.11. The van der Waals surface area contributed by atoms with E-state index in [9.17, 15) is 14.4 Å². The molecule has 142 valence electrons. The van der Waals surface area contributed by atoms with Gasteiger partial charge in [0.15, 0.2) is 0 Å². The number of hydrogen-bond donors (Lipinski definition) is 1. The third-order valence-electron chi connectivity index (χ3n) is 4.41. The van der Waals surface area contributed by atoms with Crippen LogP contribution >= 0.6 is 12.6 Å². The van der Waals surface area contributed by atoms with Crippen LogP contribution in [0.4, 0.5) is 4.79 Å². The molecule has 2 aliphatic heterocycles. The lowest BCUT2D eigenvalue weighted by Crippen LogP contribution is -2.50. The summed E-state index contributed by atoms with van der Waals surface area (Å²) in [5.74, 6) is -0.0845. The van der Waals surface area contributed by atoms with Crippen LogP contribution in [0.15, 0.2) is 0 Å². The van der Waals surface area contributed by atoms with Crippen LogP contribution in [0.25, 0.3) is 0 Å². The first-order chi connectivity index (χ1) is 11.7. The molecular weight excluding hydrogens is 344 g/mol. The van der Waals surface area contributed by atoms with Crippen LogP contribution in [0.3, 0.4) is 0 Å². The lowest BCUT2D eigenvalue weighted by atomic mass is 9.94. The smallest absolute Gasteiger partial charge is 0.411 e. The minimum Gasteiger partial charge on any atom is -0.464 e. The Balaban J connectivity index is 2.24. The van der Waals surface area contributed by atoms with Crippen molar-refractivity contribution in [3.63, 3.8) is 0 Å². The third-order valence-corrected chi connectivity index (χ3v) is 4.63. The number of nitrogens with zero attached hydrogens (tertiary/aromatic N) is 2. The van der Waals surface area contributed by atoms with E-state index in [1.54, 1.807) is 32.6 Å². The van der Waals surface area contributed by atoms with Gasteiger partial charge in [0.1, 0.15) is 11.6 Å². The second kappa shape index (κ2) is 7.85. The average Bonchev–Trinajstić information content (AvgIpc) is 2.76. The van der Waals surface area contributed by atoms with Gasteiger partial charge in [-0.15, -0.1) is 0 Å². The lowest BCUT2D eigenvalue weighted by molar-refractivity contribution is -0.150. The Morgan fingerprint density at radius 3 is 2.44 bits per heavy atom. The van der Waals surface area contributed by atoms with Gasteiger partial charge < -0.3 is 14.4 Å². The largest absolute Gasteiger partial charge is 0.464 e. The van der Waals surface area contributed by atoms with E-state index in [1.165, 1.54) is 4.90 Å². The summed E-state index contributed by atoms with van der Waals surface area (Å²) < 4.78 is 10.7. The van der Waals surface area contributed by atoms with E-state index in [0.717, 1.165) is 0 Å².